The van der Waals surface area contributed by atoms with Crippen LogP contribution in [0.15, 0.2) is 30.6 Å². The Morgan fingerprint density at radius 2 is 2.06 bits per heavy atom. The van der Waals surface area contributed by atoms with Crippen molar-refractivity contribution in [2.45, 2.75) is 58.7 Å². The summed E-state index contributed by atoms with van der Waals surface area (Å²) in [7, 11) is 0. The van der Waals surface area contributed by atoms with E-state index in [1.54, 1.807) is 16.8 Å². The van der Waals surface area contributed by atoms with E-state index in [4.69, 9.17) is 4.74 Å². The summed E-state index contributed by atoms with van der Waals surface area (Å²) in [5.74, 6) is 1.08. The van der Waals surface area contributed by atoms with Gasteiger partial charge in [0.05, 0.1) is 23.3 Å². The Kier molecular flexibility index (Phi) is 4.89. The fourth-order valence-corrected chi connectivity index (χ4v) is 4.52. The van der Waals surface area contributed by atoms with Crippen molar-refractivity contribution in [3.8, 4) is 11.1 Å². The summed E-state index contributed by atoms with van der Waals surface area (Å²) in [5.41, 5.74) is 3.72. The molecule has 1 aliphatic carbocycles. The molecule has 3 aromatic heterocycles. The number of imidazole rings is 1. The highest BCUT2D eigenvalue weighted by molar-refractivity contribution is 5.88. The van der Waals surface area contributed by atoms with E-state index >= 15 is 0 Å². The Bertz CT molecular complexity index is 1250. The highest BCUT2D eigenvalue weighted by atomic mass is 19.1. The third-order valence-corrected chi connectivity index (χ3v) is 6.00. The number of rotatable bonds is 6. The third-order valence-electron chi connectivity index (χ3n) is 6.00. The van der Waals surface area contributed by atoms with Crippen molar-refractivity contribution >= 4 is 22.5 Å². The number of fused-ring (bicyclic) bond motifs is 2. The molecular weight excluding hydrogens is 395 g/mol. The molecular formula is C23H27FN6O. The van der Waals surface area contributed by atoms with Gasteiger partial charge < -0.3 is 14.6 Å². The van der Waals surface area contributed by atoms with Crippen molar-refractivity contribution in [2.24, 2.45) is 0 Å². The molecule has 0 radical (unpaired) electrons. The summed E-state index contributed by atoms with van der Waals surface area (Å²) in [6, 6.07) is 6.02. The van der Waals surface area contributed by atoms with Gasteiger partial charge in [-0.3, -0.25) is 0 Å². The van der Waals surface area contributed by atoms with Crippen LogP contribution in [-0.4, -0.2) is 42.9 Å². The van der Waals surface area contributed by atoms with E-state index in [0.717, 1.165) is 47.4 Å². The van der Waals surface area contributed by atoms with Gasteiger partial charge in [0.2, 0.25) is 5.95 Å². The Hall–Kier alpha value is -3.00. The minimum atomic E-state index is -0.317. The summed E-state index contributed by atoms with van der Waals surface area (Å²) in [6.45, 7) is 8.83. The molecule has 0 bridgehead atoms. The Labute approximate surface area is 180 Å². The fraction of sp³-hybridized carbons (Fsp3) is 0.435. The second-order valence-corrected chi connectivity index (χ2v) is 8.48. The number of benzene rings is 1. The molecule has 0 spiro atoms. The van der Waals surface area contributed by atoms with Crippen molar-refractivity contribution in [1.29, 1.82) is 0 Å². The van der Waals surface area contributed by atoms with Gasteiger partial charge in [-0.05, 0) is 64.3 Å². The third kappa shape index (κ3) is 3.44. The smallest absolute Gasteiger partial charge is 0.241 e. The lowest BCUT2D eigenvalue weighted by Gasteiger charge is -2.35. The van der Waals surface area contributed by atoms with Gasteiger partial charge in [-0.1, -0.05) is 0 Å². The van der Waals surface area contributed by atoms with E-state index < -0.39 is 0 Å². The number of halogens is 1. The standard InChI is InChI=1S/C23H27FN6O/c1-5-31-17-10-16(11-17)27-23-25-12-21-18(6-7-29(21)28-23)15-8-19(24)22-20(9-15)30(13(2)3)14(4)26-22/h6-9,12-13,16-17H,5,10-11H2,1-4H3,(H,27,28)/t16-,17-. The molecule has 4 aromatic rings. The van der Waals surface area contributed by atoms with Gasteiger partial charge in [0, 0.05) is 30.5 Å². The van der Waals surface area contributed by atoms with E-state index in [0.29, 0.717) is 23.6 Å². The van der Waals surface area contributed by atoms with Crippen molar-refractivity contribution in [3.63, 3.8) is 0 Å². The second-order valence-electron chi connectivity index (χ2n) is 8.48. The van der Waals surface area contributed by atoms with Gasteiger partial charge in [-0.2, -0.15) is 0 Å². The van der Waals surface area contributed by atoms with Crippen LogP contribution in [0.3, 0.4) is 0 Å². The van der Waals surface area contributed by atoms with Crippen LogP contribution in [0.25, 0.3) is 27.7 Å². The predicted molar refractivity (Wildman–Crippen MR) is 119 cm³/mol. The van der Waals surface area contributed by atoms with E-state index in [-0.39, 0.29) is 11.9 Å². The Morgan fingerprint density at radius 1 is 1.26 bits per heavy atom. The first-order chi connectivity index (χ1) is 14.9. The van der Waals surface area contributed by atoms with Gasteiger partial charge in [0.15, 0.2) is 5.82 Å². The van der Waals surface area contributed by atoms with Crippen molar-refractivity contribution in [1.82, 2.24) is 24.1 Å². The second kappa shape index (κ2) is 7.60. The normalized spacial score (nSPS) is 18.8. The summed E-state index contributed by atoms with van der Waals surface area (Å²) in [4.78, 5) is 8.93. The quantitative estimate of drug-likeness (QED) is 0.485. The van der Waals surface area contributed by atoms with Gasteiger partial charge in [0.1, 0.15) is 11.3 Å². The molecule has 1 saturated carbocycles. The maximum absolute atomic E-state index is 14.9. The molecule has 1 aliphatic rings. The number of aromatic nitrogens is 5. The fourth-order valence-electron chi connectivity index (χ4n) is 4.52. The van der Waals surface area contributed by atoms with Crippen LogP contribution in [0.2, 0.25) is 0 Å². The number of hydrogen-bond donors (Lipinski definition) is 1. The Balaban J connectivity index is 1.47. The van der Waals surface area contributed by atoms with Crippen LogP contribution in [0.1, 0.15) is 45.5 Å². The van der Waals surface area contributed by atoms with Gasteiger partial charge in [0.25, 0.3) is 0 Å². The van der Waals surface area contributed by atoms with E-state index in [1.165, 1.54) is 0 Å². The predicted octanol–water partition coefficient (Wildman–Crippen LogP) is 4.75. The topological polar surface area (TPSA) is 69.3 Å². The van der Waals surface area contributed by atoms with Crippen molar-refractivity contribution in [3.05, 3.63) is 42.2 Å². The average Bonchev–Trinajstić information content (AvgIpc) is 3.26. The lowest BCUT2D eigenvalue weighted by Crippen LogP contribution is -2.41. The molecule has 1 aromatic carbocycles. The monoisotopic (exact) mass is 422 g/mol. The number of nitrogens with zero attached hydrogens (tertiary/aromatic N) is 5. The molecule has 0 aliphatic heterocycles. The lowest BCUT2D eigenvalue weighted by molar-refractivity contribution is 0.00283. The van der Waals surface area contributed by atoms with Gasteiger partial charge >= 0.3 is 0 Å². The highest BCUT2D eigenvalue weighted by Gasteiger charge is 2.30. The first kappa shape index (κ1) is 19.9. The zero-order valence-corrected chi connectivity index (χ0v) is 18.3. The molecule has 8 heteroatoms. The SMILES string of the molecule is CCO[C@H]1C[C@H](Nc2ncc3c(-c4cc(F)c5nc(C)n(C(C)C)c5c4)ccn3n2)C1. The first-order valence-corrected chi connectivity index (χ1v) is 10.9. The van der Waals surface area contributed by atoms with Crippen molar-refractivity contribution in [2.75, 3.05) is 11.9 Å². The molecule has 31 heavy (non-hydrogen) atoms. The minimum Gasteiger partial charge on any atom is -0.378 e. The van der Waals surface area contributed by atoms with Crippen LogP contribution in [0.5, 0.6) is 0 Å². The molecule has 162 valence electrons. The number of anilines is 1. The van der Waals surface area contributed by atoms with Gasteiger partial charge in [-0.15, -0.1) is 5.10 Å². The number of hydrogen-bond acceptors (Lipinski definition) is 5. The number of nitrogens with one attached hydrogen (secondary N) is 1. The van der Waals surface area contributed by atoms with Gasteiger partial charge in [-0.25, -0.2) is 18.9 Å². The molecule has 1 fully saturated rings. The maximum atomic E-state index is 14.9. The van der Waals surface area contributed by atoms with Crippen LogP contribution in [0, 0.1) is 12.7 Å². The Morgan fingerprint density at radius 3 is 2.81 bits per heavy atom. The lowest BCUT2D eigenvalue weighted by atomic mass is 9.89. The minimum absolute atomic E-state index is 0.191. The molecule has 0 unspecified atom stereocenters. The average molecular weight is 423 g/mol. The zero-order valence-electron chi connectivity index (χ0n) is 18.3. The maximum Gasteiger partial charge on any atom is 0.241 e. The summed E-state index contributed by atoms with van der Waals surface area (Å²) in [6.07, 6.45) is 5.94. The summed E-state index contributed by atoms with van der Waals surface area (Å²) < 4.78 is 24.4. The van der Waals surface area contributed by atoms with E-state index in [1.807, 2.05) is 32.2 Å². The molecule has 0 atom stereocenters. The van der Waals surface area contributed by atoms with E-state index in [2.05, 4.69) is 38.8 Å². The molecule has 7 nitrogen and oxygen atoms in total. The number of ether oxygens (including phenoxy) is 1. The van der Waals surface area contributed by atoms with Crippen LogP contribution in [0.4, 0.5) is 10.3 Å². The molecule has 0 amide bonds. The van der Waals surface area contributed by atoms with E-state index in [9.17, 15) is 4.39 Å². The largest absolute Gasteiger partial charge is 0.378 e. The van der Waals surface area contributed by atoms with Crippen LogP contribution in [-0.2, 0) is 4.74 Å². The summed E-state index contributed by atoms with van der Waals surface area (Å²) in [5, 5.41) is 7.96. The first-order valence-electron chi connectivity index (χ1n) is 10.9. The van der Waals surface area contributed by atoms with Crippen molar-refractivity contribution < 1.29 is 9.13 Å². The molecule has 3 heterocycles. The van der Waals surface area contributed by atoms with Crippen LogP contribution < -0.4 is 5.32 Å². The molecule has 5 rings (SSSR count). The van der Waals surface area contributed by atoms with Crippen LogP contribution >= 0.6 is 0 Å². The zero-order chi connectivity index (χ0) is 21.7. The molecule has 0 saturated heterocycles. The highest BCUT2D eigenvalue weighted by Crippen LogP contribution is 2.32. The number of aryl methyl sites for hydroxylation is 1. The summed E-state index contributed by atoms with van der Waals surface area (Å²) >= 11 is 0. The molecule has 1 N–H and O–H groups in total.